The van der Waals surface area contributed by atoms with Gasteiger partial charge in [0, 0.05) is 44.6 Å². The van der Waals surface area contributed by atoms with E-state index in [-0.39, 0.29) is 44.4 Å². The summed E-state index contributed by atoms with van der Waals surface area (Å²) in [6, 6.07) is 10.4. The van der Waals surface area contributed by atoms with Gasteiger partial charge < -0.3 is 35.0 Å². The van der Waals surface area contributed by atoms with Crippen molar-refractivity contribution in [2.24, 2.45) is 10.8 Å². The van der Waals surface area contributed by atoms with Gasteiger partial charge in [-0.1, -0.05) is 58.9 Å². The zero-order valence-corrected chi connectivity index (χ0v) is 35.5. The molecule has 2 aliphatic rings. The number of nitriles is 1. The van der Waals surface area contributed by atoms with Crippen LogP contribution in [-0.4, -0.2) is 101 Å². The number of hydrogen-bond donors (Lipinski definition) is 3. The number of aliphatic hydroxyl groups excluding tert-OH is 1. The van der Waals surface area contributed by atoms with E-state index < -0.39 is 70.1 Å². The van der Waals surface area contributed by atoms with Gasteiger partial charge in [-0.3, -0.25) is 19.2 Å². The first-order valence-corrected chi connectivity index (χ1v) is 20.8. The van der Waals surface area contributed by atoms with Gasteiger partial charge in [-0.25, -0.2) is 4.98 Å². The number of rotatable bonds is 16. The summed E-state index contributed by atoms with van der Waals surface area (Å²) in [6.45, 7) is 11.8. The summed E-state index contributed by atoms with van der Waals surface area (Å²) in [5, 5.41) is 25.3. The van der Waals surface area contributed by atoms with Crippen molar-refractivity contribution in [2.75, 3.05) is 32.8 Å². The van der Waals surface area contributed by atoms with E-state index in [1.54, 1.807) is 56.4 Å². The molecule has 1 aromatic heterocycles. The van der Waals surface area contributed by atoms with Crippen LogP contribution in [0.25, 0.3) is 10.4 Å². The number of aromatic nitrogens is 1. The van der Waals surface area contributed by atoms with Gasteiger partial charge in [0.1, 0.15) is 24.4 Å². The molecule has 4 unspecified atom stereocenters. The second kappa shape index (κ2) is 19.1. The Morgan fingerprint density at radius 3 is 2.45 bits per heavy atom. The Hall–Kier alpha value is -5.05. The summed E-state index contributed by atoms with van der Waals surface area (Å²) in [7, 11) is 0. The summed E-state index contributed by atoms with van der Waals surface area (Å²) >= 11 is 1.55. The van der Waals surface area contributed by atoms with Crippen molar-refractivity contribution in [1.82, 2.24) is 25.4 Å². The van der Waals surface area contributed by atoms with Crippen LogP contribution < -0.4 is 15.4 Å². The van der Waals surface area contributed by atoms with Gasteiger partial charge in [0.05, 0.1) is 39.4 Å². The van der Waals surface area contributed by atoms with Gasteiger partial charge in [-0.15, -0.1) is 11.3 Å². The minimum atomic E-state index is -4.76. The maximum absolute atomic E-state index is 13.9. The number of aliphatic hydroxyl groups is 1. The Kier molecular flexibility index (Phi) is 14.7. The molecule has 2 saturated heterocycles. The number of thiazole rings is 1. The molecule has 5 rings (SSSR count). The van der Waals surface area contributed by atoms with Gasteiger partial charge in [0.25, 0.3) is 5.91 Å². The molecule has 2 fully saturated rings. The van der Waals surface area contributed by atoms with Crippen molar-refractivity contribution in [1.29, 1.82) is 5.26 Å². The summed E-state index contributed by atoms with van der Waals surface area (Å²) in [5.74, 6) is -1.88. The second-order valence-corrected chi connectivity index (χ2v) is 18.0. The van der Waals surface area contributed by atoms with E-state index in [1.807, 2.05) is 31.2 Å². The number of benzene rings is 2. The molecule has 17 heteroatoms. The SMILES string of the molecule is Cc1ncsc1-c1ccc(CNC(=O)C2CC(O)CN2C(=O)C(NC(=O)COCCCCCN2CC(C)(C)C(Oc3ccc(C#N)c(C(F)(F)F)c3)C2=O)C(C)(C)C)cc1. The van der Waals surface area contributed by atoms with Gasteiger partial charge >= 0.3 is 6.18 Å². The van der Waals surface area contributed by atoms with Crippen LogP contribution in [0.1, 0.15) is 82.7 Å². The van der Waals surface area contributed by atoms with E-state index in [0.717, 1.165) is 33.8 Å². The van der Waals surface area contributed by atoms with E-state index >= 15 is 0 Å². The normalized spacial score (nSPS) is 19.6. The number of amides is 4. The summed E-state index contributed by atoms with van der Waals surface area (Å²) < 4.78 is 51.9. The number of hydrogen-bond acceptors (Lipinski definition) is 10. The van der Waals surface area contributed by atoms with Crippen molar-refractivity contribution in [3.8, 4) is 22.3 Å². The number of β-amino-alcohol motifs (C(OH)–C–C–N with tert-alkyl or cyclic N) is 1. The predicted octanol–water partition coefficient (Wildman–Crippen LogP) is 5.62. The minimum Gasteiger partial charge on any atom is -0.480 e. The molecular weight excluding hydrogens is 802 g/mol. The number of nitrogens with zero attached hydrogens (tertiary/aromatic N) is 4. The number of aryl methyl sites for hydroxylation is 1. The lowest BCUT2D eigenvalue weighted by molar-refractivity contribution is -0.144. The molecule has 2 aromatic carbocycles. The Morgan fingerprint density at radius 2 is 1.82 bits per heavy atom. The molecule has 4 atom stereocenters. The third-order valence-corrected chi connectivity index (χ3v) is 11.7. The maximum Gasteiger partial charge on any atom is 0.417 e. The maximum atomic E-state index is 13.9. The van der Waals surface area contributed by atoms with Crippen LogP contribution in [0.4, 0.5) is 13.2 Å². The van der Waals surface area contributed by atoms with Crippen LogP contribution in [0, 0.1) is 29.1 Å². The quantitative estimate of drug-likeness (QED) is 0.155. The lowest BCUT2D eigenvalue weighted by Crippen LogP contribution is -2.58. The number of ether oxygens (including phenoxy) is 2. The van der Waals surface area contributed by atoms with Gasteiger partial charge in [0.15, 0.2) is 6.10 Å². The average molecular weight is 855 g/mol. The summed E-state index contributed by atoms with van der Waals surface area (Å²) in [6.07, 6.45) is -4.76. The molecule has 2 aliphatic heterocycles. The largest absolute Gasteiger partial charge is 0.480 e. The molecule has 0 radical (unpaired) electrons. The third kappa shape index (κ3) is 11.4. The van der Waals surface area contributed by atoms with Crippen LogP contribution in [0.15, 0.2) is 48.0 Å². The van der Waals surface area contributed by atoms with Gasteiger partial charge in [-0.2, -0.15) is 18.4 Å². The Bertz CT molecular complexity index is 2060. The highest BCUT2D eigenvalue weighted by atomic mass is 32.1. The lowest BCUT2D eigenvalue weighted by Gasteiger charge is -2.35. The van der Waals surface area contributed by atoms with Crippen molar-refractivity contribution < 1.29 is 46.9 Å². The van der Waals surface area contributed by atoms with Crippen LogP contribution in [-0.2, 0) is 36.6 Å². The van der Waals surface area contributed by atoms with E-state index in [4.69, 9.17) is 14.7 Å². The van der Waals surface area contributed by atoms with Gasteiger partial charge in [-0.05, 0) is 60.9 Å². The van der Waals surface area contributed by atoms with E-state index in [9.17, 15) is 37.5 Å². The van der Waals surface area contributed by atoms with Crippen LogP contribution in [0.5, 0.6) is 5.75 Å². The molecule has 324 valence electrons. The smallest absolute Gasteiger partial charge is 0.417 e. The van der Waals surface area contributed by atoms with E-state index in [0.29, 0.717) is 32.4 Å². The lowest BCUT2D eigenvalue weighted by atomic mass is 9.85. The number of carbonyl (C=O) groups excluding carboxylic acids is 4. The molecule has 0 spiro atoms. The fourth-order valence-electron chi connectivity index (χ4n) is 7.45. The van der Waals surface area contributed by atoms with Crippen LogP contribution in [0.2, 0.25) is 0 Å². The summed E-state index contributed by atoms with van der Waals surface area (Å²) in [5.41, 5.74) is 1.55. The van der Waals surface area contributed by atoms with Gasteiger partial charge in [0.2, 0.25) is 17.7 Å². The number of carbonyl (C=O) groups is 4. The van der Waals surface area contributed by atoms with E-state index in [1.165, 1.54) is 17.0 Å². The zero-order valence-electron chi connectivity index (χ0n) is 34.7. The molecule has 0 bridgehead atoms. The molecule has 0 aliphatic carbocycles. The third-order valence-electron chi connectivity index (χ3n) is 10.7. The number of unbranched alkanes of at least 4 members (excludes halogenated alkanes) is 2. The second-order valence-electron chi connectivity index (χ2n) is 17.1. The fourth-order valence-corrected chi connectivity index (χ4v) is 8.26. The first-order chi connectivity index (χ1) is 28.2. The van der Waals surface area contributed by atoms with Crippen molar-refractivity contribution in [3.05, 3.63) is 70.4 Å². The topological polar surface area (TPSA) is 174 Å². The van der Waals surface area contributed by atoms with Crippen LogP contribution >= 0.6 is 11.3 Å². The molecule has 0 saturated carbocycles. The standard InChI is InChI=1S/C43H53F3N6O7S/c1-26-35(60-25-49-26)28-12-10-27(11-13-28)21-48-38(55)33-18-30(53)22-52(33)39(56)36(41(2,3)4)50-34(54)23-58-17-9-7-8-16-51-24-42(5,6)37(40(51)57)59-31-15-14-29(20-47)32(19-31)43(44,45)46/h10-15,19,25,30,33,36-37,53H,7-9,16-18,21-24H2,1-6H3,(H,48,55)(H,50,54). The number of nitrogens with one attached hydrogen (secondary N) is 2. The predicted molar refractivity (Wildman–Crippen MR) is 217 cm³/mol. The molecule has 3 aromatic rings. The fraction of sp³-hybridized carbons (Fsp3) is 0.535. The first kappa shape index (κ1) is 46.0. The highest BCUT2D eigenvalue weighted by Gasteiger charge is 2.48. The van der Waals surface area contributed by atoms with Crippen molar-refractivity contribution in [2.45, 2.75) is 104 Å². The molecule has 4 amide bonds. The molecule has 3 heterocycles. The van der Waals surface area contributed by atoms with E-state index in [2.05, 4.69) is 15.6 Å². The molecule has 3 N–H and O–H groups in total. The number of likely N-dealkylation sites (tertiary alicyclic amines) is 2. The Balaban J connectivity index is 1.05. The van der Waals surface area contributed by atoms with Crippen LogP contribution in [0.3, 0.4) is 0 Å². The van der Waals surface area contributed by atoms with Crippen molar-refractivity contribution in [3.63, 3.8) is 0 Å². The average Bonchev–Trinajstić information content (AvgIpc) is 3.86. The molecule has 60 heavy (non-hydrogen) atoms. The summed E-state index contributed by atoms with van der Waals surface area (Å²) in [4.78, 5) is 61.9. The Morgan fingerprint density at radius 1 is 1.10 bits per heavy atom. The molecular formula is C43H53F3N6O7S. The monoisotopic (exact) mass is 854 g/mol. The number of halogens is 3. The highest BCUT2D eigenvalue weighted by Crippen LogP contribution is 2.38. The highest BCUT2D eigenvalue weighted by molar-refractivity contribution is 7.13. The van der Waals surface area contributed by atoms with Crippen molar-refractivity contribution >= 4 is 35.0 Å². The minimum absolute atomic E-state index is 0.0487. The number of alkyl halides is 3. The first-order valence-electron chi connectivity index (χ1n) is 19.9. The Labute approximate surface area is 352 Å². The zero-order chi connectivity index (χ0) is 44.0. The molecule has 13 nitrogen and oxygen atoms in total.